The molecule has 0 aliphatic carbocycles. The molecule has 1 atom stereocenters. The van der Waals surface area contributed by atoms with E-state index in [9.17, 15) is 14.4 Å². The standard InChI is InChI=1S/C19H18N4O3/c1-12(23-11-20-17-6-4-3-5-16(17)19(23)26)18(25)22-15-9-7-14(8-10-15)21-13(2)24/h3-12H,1-2H3,(H,21,24)(H,22,25)/t12-/m1/s1. The van der Waals surface area contributed by atoms with E-state index in [-0.39, 0.29) is 17.4 Å². The van der Waals surface area contributed by atoms with Gasteiger partial charge in [-0.3, -0.25) is 19.0 Å². The number of nitrogens with one attached hydrogen (secondary N) is 2. The van der Waals surface area contributed by atoms with Crippen LogP contribution in [0.1, 0.15) is 19.9 Å². The molecule has 132 valence electrons. The Labute approximate surface area is 149 Å². The van der Waals surface area contributed by atoms with Crippen LogP contribution in [0.2, 0.25) is 0 Å². The highest BCUT2D eigenvalue weighted by atomic mass is 16.2. The third kappa shape index (κ3) is 3.61. The van der Waals surface area contributed by atoms with Crippen LogP contribution in [0.25, 0.3) is 10.9 Å². The van der Waals surface area contributed by atoms with Gasteiger partial charge < -0.3 is 10.6 Å². The molecule has 0 fully saturated rings. The topological polar surface area (TPSA) is 93.1 Å². The molecule has 3 rings (SSSR count). The van der Waals surface area contributed by atoms with Gasteiger partial charge in [0.25, 0.3) is 5.56 Å². The van der Waals surface area contributed by atoms with Gasteiger partial charge in [-0.05, 0) is 43.3 Å². The summed E-state index contributed by atoms with van der Waals surface area (Å²) in [5.41, 5.74) is 1.53. The predicted molar refractivity (Wildman–Crippen MR) is 100 cm³/mol. The van der Waals surface area contributed by atoms with Crippen molar-refractivity contribution in [1.82, 2.24) is 9.55 Å². The van der Waals surface area contributed by atoms with E-state index in [4.69, 9.17) is 0 Å². The van der Waals surface area contributed by atoms with E-state index in [2.05, 4.69) is 15.6 Å². The first-order chi connectivity index (χ1) is 12.5. The van der Waals surface area contributed by atoms with Gasteiger partial charge in [0.05, 0.1) is 17.2 Å². The molecule has 1 heterocycles. The minimum absolute atomic E-state index is 0.168. The minimum Gasteiger partial charge on any atom is -0.326 e. The van der Waals surface area contributed by atoms with Crippen molar-refractivity contribution in [1.29, 1.82) is 0 Å². The molecule has 0 saturated carbocycles. The predicted octanol–water partition coefficient (Wildman–Crippen LogP) is 2.55. The van der Waals surface area contributed by atoms with Crippen molar-refractivity contribution >= 4 is 34.1 Å². The summed E-state index contributed by atoms with van der Waals surface area (Å²) in [6, 6.07) is 13.0. The highest BCUT2D eigenvalue weighted by Crippen LogP contribution is 2.16. The van der Waals surface area contributed by atoms with Gasteiger partial charge in [0, 0.05) is 18.3 Å². The number of fused-ring (bicyclic) bond motifs is 1. The maximum absolute atomic E-state index is 12.6. The first kappa shape index (κ1) is 17.3. The second kappa shape index (κ2) is 7.18. The molecule has 0 unspecified atom stereocenters. The summed E-state index contributed by atoms with van der Waals surface area (Å²) in [7, 11) is 0. The Morgan fingerprint density at radius 3 is 2.27 bits per heavy atom. The lowest BCUT2D eigenvalue weighted by Crippen LogP contribution is -2.31. The van der Waals surface area contributed by atoms with Gasteiger partial charge in [-0.15, -0.1) is 0 Å². The number of rotatable bonds is 4. The third-order valence-electron chi connectivity index (χ3n) is 3.96. The quantitative estimate of drug-likeness (QED) is 0.756. The fourth-order valence-electron chi connectivity index (χ4n) is 2.57. The second-order valence-corrected chi connectivity index (χ2v) is 5.90. The van der Waals surface area contributed by atoms with Crippen LogP contribution in [0, 0.1) is 0 Å². The second-order valence-electron chi connectivity index (χ2n) is 5.90. The molecular formula is C19H18N4O3. The van der Waals surface area contributed by atoms with Crippen LogP contribution in [0.4, 0.5) is 11.4 Å². The van der Waals surface area contributed by atoms with Crippen molar-refractivity contribution in [3.63, 3.8) is 0 Å². The van der Waals surface area contributed by atoms with Crippen molar-refractivity contribution in [2.24, 2.45) is 0 Å². The minimum atomic E-state index is -0.727. The number of hydrogen-bond acceptors (Lipinski definition) is 4. The van der Waals surface area contributed by atoms with Gasteiger partial charge in [-0.2, -0.15) is 0 Å². The number of carbonyl (C=O) groups excluding carboxylic acids is 2. The van der Waals surface area contributed by atoms with Gasteiger partial charge in [0.15, 0.2) is 0 Å². The molecule has 1 aromatic heterocycles. The molecule has 2 N–H and O–H groups in total. The van der Waals surface area contributed by atoms with Crippen molar-refractivity contribution in [2.75, 3.05) is 10.6 Å². The number of aromatic nitrogens is 2. The third-order valence-corrected chi connectivity index (χ3v) is 3.96. The Kier molecular flexibility index (Phi) is 4.79. The number of benzene rings is 2. The van der Waals surface area contributed by atoms with E-state index in [1.165, 1.54) is 17.8 Å². The summed E-state index contributed by atoms with van der Waals surface area (Å²) in [5.74, 6) is -0.505. The van der Waals surface area contributed by atoms with Crippen molar-refractivity contribution in [2.45, 2.75) is 19.9 Å². The van der Waals surface area contributed by atoms with Gasteiger partial charge in [-0.25, -0.2) is 4.98 Å². The lowest BCUT2D eigenvalue weighted by atomic mass is 10.2. The number of hydrogen-bond donors (Lipinski definition) is 2. The van der Waals surface area contributed by atoms with E-state index >= 15 is 0 Å². The molecule has 0 saturated heterocycles. The summed E-state index contributed by atoms with van der Waals surface area (Å²) >= 11 is 0. The number of para-hydroxylation sites is 1. The zero-order valence-corrected chi connectivity index (χ0v) is 14.4. The lowest BCUT2D eigenvalue weighted by Gasteiger charge is -2.15. The van der Waals surface area contributed by atoms with Crippen LogP contribution >= 0.6 is 0 Å². The molecule has 2 amide bonds. The molecule has 0 aliphatic rings. The van der Waals surface area contributed by atoms with Crippen LogP contribution in [0.3, 0.4) is 0 Å². The zero-order chi connectivity index (χ0) is 18.7. The van der Waals surface area contributed by atoms with Gasteiger partial charge in [0.2, 0.25) is 11.8 Å². The van der Waals surface area contributed by atoms with Gasteiger partial charge in [0.1, 0.15) is 6.04 Å². The molecule has 7 heteroatoms. The molecular weight excluding hydrogens is 332 g/mol. The highest BCUT2D eigenvalue weighted by molar-refractivity contribution is 5.94. The molecule has 3 aromatic rings. The smallest absolute Gasteiger partial charge is 0.261 e. The fourth-order valence-corrected chi connectivity index (χ4v) is 2.57. The zero-order valence-electron chi connectivity index (χ0n) is 14.4. The molecule has 0 aliphatic heterocycles. The largest absolute Gasteiger partial charge is 0.326 e. The molecule has 7 nitrogen and oxygen atoms in total. The first-order valence-corrected chi connectivity index (χ1v) is 8.10. The van der Waals surface area contributed by atoms with E-state index in [1.807, 2.05) is 0 Å². The first-order valence-electron chi connectivity index (χ1n) is 8.10. The Morgan fingerprint density at radius 1 is 1.00 bits per heavy atom. The van der Waals surface area contributed by atoms with Crippen molar-refractivity contribution in [3.05, 3.63) is 65.2 Å². The molecule has 26 heavy (non-hydrogen) atoms. The molecule has 0 bridgehead atoms. The molecule has 2 aromatic carbocycles. The summed E-state index contributed by atoms with van der Waals surface area (Å²) in [5, 5.41) is 5.88. The van der Waals surface area contributed by atoms with E-state index in [0.29, 0.717) is 22.3 Å². The number of anilines is 2. The summed E-state index contributed by atoms with van der Waals surface area (Å²) in [6.45, 7) is 3.06. The average Bonchev–Trinajstić information content (AvgIpc) is 2.63. The van der Waals surface area contributed by atoms with Gasteiger partial charge >= 0.3 is 0 Å². The van der Waals surface area contributed by atoms with Crippen molar-refractivity contribution in [3.8, 4) is 0 Å². The van der Waals surface area contributed by atoms with Gasteiger partial charge in [-0.1, -0.05) is 12.1 Å². The summed E-state index contributed by atoms with van der Waals surface area (Å²) in [6.07, 6.45) is 1.38. The highest BCUT2D eigenvalue weighted by Gasteiger charge is 2.17. The monoisotopic (exact) mass is 350 g/mol. The number of amides is 2. The summed E-state index contributed by atoms with van der Waals surface area (Å²) < 4.78 is 1.31. The fraction of sp³-hybridized carbons (Fsp3) is 0.158. The SMILES string of the molecule is CC(=O)Nc1ccc(NC(=O)[C@@H](C)n2cnc3ccccc3c2=O)cc1. The van der Waals surface area contributed by atoms with Crippen LogP contribution in [0.15, 0.2) is 59.7 Å². The van der Waals surface area contributed by atoms with Crippen LogP contribution in [0.5, 0.6) is 0 Å². The maximum Gasteiger partial charge on any atom is 0.261 e. The summed E-state index contributed by atoms with van der Waals surface area (Å²) in [4.78, 5) is 40.3. The van der Waals surface area contributed by atoms with E-state index in [1.54, 1.807) is 55.5 Å². The van der Waals surface area contributed by atoms with E-state index < -0.39 is 6.04 Å². The maximum atomic E-state index is 12.6. The lowest BCUT2D eigenvalue weighted by molar-refractivity contribution is -0.119. The number of nitrogens with zero attached hydrogens (tertiary/aromatic N) is 2. The van der Waals surface area contributed by atoms with Crippen LogP contribution < -0.4 is 16.2 Å². The van der Waals surface area contributed by atoms with Crippen LogP contribution in [-0.4, -0.2) is 21.4 Å². The Balaban J connectivity index is 1.79. The van der Waals surface area contributed by atoms with Crippen LogP contribution in [-0.2, 0) is 9.59 Å². The van der Waals surface area contributed by atoms with E-state index in [0.717, 1.165) is 0 Å². The normalized spacial score (nSPS) is 11.8. The Bertz CT molecular complexity index is 1020. The Morgan fingerprint density at radius 2 is 1.62 bits per heavy atom. The molecule has 0 radical (unpaired) electrons. The van der Waals surface area contributed by atoms with Crippen molar-refractivity contribution < 1.29 is 9.59 Å². The Hall–Kier alpha value is -3.48. The average molecular weight is 350 g/mol. The number of carbonyl (C=O) groups is 2. The molecule has 0 spiro atoms.